The van der Waals surface area contributed by atoms with E-state index in [4.69, 9.17) is 0 Å². The van der Waals surface area contributed by atoms with Gasteiger partial charge in [-0.25, -0.2) is 8.42 Å². The molecular weight excluding hydrogens is 461 g/mol. The van der Waals surface area contributed by atoms with Crippen molar-refractivity contribution in [1.29, 1.82) is 0 Å². The number of alkyl halides is 3. The average Bonchev–Trinajstić information content (AvgIpc) is 3.29. The summed E-state index contributed by atoms with van der Waals surface area (Å²) in [5.74, 6) is -0.216. The first-order chi connectivity index (χ1) is 15.2. The molecule has 0 radical (unpaired) electrons. The molecule has 0 unspecified atom stereocenters. The maximum Gasteiger partial charge on any atom is 0.417 e. The normalized spacial score (nSPS) is 15.7. The van der Waals surface area contributed by atoms with Crippen LogP contribution in [0.4, 0.5) is 13.2 Å². The lowest BCUT2D eigenvalue weighted by atomic mass is 10.1. The molecule has 3 aromatic rings. The quantitative estimate of drug-likeness (QED) is 0.549. The smallest absolute Gasteiger partial charge is 0.335 e. The molecule has 0 aliphatic carbocycles. The van der Waals surface area contributed by atoms with E-state index in [1.165, 1.54) is 17.4 Å². The number of thiophene rings is 1. The second-order valence-electron chi connectivity index (χ2n) is 7.22. The zero-order valence-corrected chi connectivity index (χ0v) is 18.4. The van der Waals surface area contributed by atoms with Crippen LogP contribution < -0.4 is 0 Å². The number of halogens is 3. The lowest BCUT2D eigenvalue weighted by molar-refractivity contribution is -0.139. The van der Waals surface area contributed by atoms with Crippen LogP contribution in [0.1, 0.15) is 15.2 Å². The largest absolute Gasteiger partial charge is 0.417 e. The van der Waals surface area contributed by atoms with Gasteiger partial charge in [0.25, 0.3) is 5.91 Å². The Morgan fingerprint density at radius 2 is 1.50 bits per heavy atom. The van der Waals surface area contributed by atoms with Gasteiger partial charge >= 0.3 is 6.18 Å². The van der Waals surface area contributed by atoms with E-state index < -0.39 is 26.7 Å². The number of nitrogens with zero attached hydrogens (tertiary/aromatic N) is 2. The molecule has 0 spiro atoms. The Morgan fingerprint density at radius 1 is 0.875 bits per heavy atom. The molecule has 0 atom stereocenters. The third-order valence-electron chi connectivity index (χ3n) is 5.28. The Labute approximate surface area is 187 Å². The average molecular weight is 481 g/mol. The van der Waals surface area contributed by atoms with Crippen molar-refractivity contribution in [3.05, 3.63) is 76.5 Å². The molecule has 0 N–H and O–H groups in total. The lowest BCUT2D eigenvalue weighted by Gasteiger charge is -2.34. The van der Waals surface area contributed by atoms with E-state index in [1.807, 2.05) is 41.8 Å². The highest BCUT2D eigenvalue weighted by atomic mass is 32.2. The van der Waals surface area contributed by atoms with E-state index in [0.717, 1.165) is 33.6 Å². The predicted octanol–water partition coefficient (Wildman–Crippen LogP) is 4.58. The first-order valence-corrected chi connectivity index (χ1v) is 12.1. The van der Waals surface area contributed by atoms with E-state index in [-0.39, 0.29) is 32.1 Å². The van der Waals surface area contributed by atoms with Gasteiger partial charge < -0.3 is 4.90 Å². The molecule has 5 nitrogen and oxygen atoms in total. The Morgan fingerprint density at radius 3 is 2.16 bits per heavy atom. The van der Waals surface area contributed by atoms with Crippen molar-refractivity contribution in [3.8, 4) is 11.1 Å². The minimum atomic E-state index is -4.78. The van der Waals surface area contributed by atoms with Crippen molar-refractivity contribution in [2.24, 2.45) is 0 Å². The Balaban J connectivity index is 1.51. The molecule has 1 aliphatic heterocycles. The van der Waals surface area contributed by atoms with Gasteiger partial charge in [-0.05, 0) is 29.1 Å². The molecule has 168 valence electrons. The Hall–Kier alpha value is -2.69. The number of piperazine rings is 1. The number of amides is 1. The molecule has 10 heteroatoms. The number of carbonyl (C=O) groups is 1. The van der Waals surface area contributed by atoms with Gasteiger partial charge in [0, 0.05) is 31.7 Å². The van der Waals surface area contributed by atoms with Crippen LogP contribution in [0.15, 0.2) is 70.9 Å². The van der Waals surface area contributed by atoms with Crippen molar-refractivity contribution in [2.45, 2.75) is 11.1 Å². The van der Waals surface area contributed by atoms with Crippen LogP contribution in [0.25, 0.3) is 11.1 Å². The molecule has 0 bridgehead atoms. The second kappa shape index (κ2) is 8.68. The van der Waals surface area contributed by atoms with E-state index >= 15 is 0 Å². The molecule has 1 fully saturated rings. The standard InChI is InChI=1S/C22H19F3N2O3S2/c23-22(24,25)18-8-4-5-9-19(18)32(29,30)27-13-11-26(12-14-27)21(28)20-17(10-15-31-20)16-6-2-1-3-7-16/h1-10,15H,11-14H2. The van der Waals surface area contributed by atoms with Crippen LogP contribution in [-0.4, -0.2) is 49.7 Å². The van der Waals surface area contributed by atoms with Crippen LogP contribution in [0.2, 0.25) is 0 Å². The lowest BCUT2D eigenvalue weighted by Crippen LogP contribution is -2.50. The number of benzene rings is 2. The number of hydrogen-bond acceptors (Lipinski definition) is 4. The fraction of sp³-hybridized carbons (Fsp3) is 0.227. The molecule has 1 aromatic heterocycles. The van der Waals surface area contributed by atoms with Gasteiger partial charge in [0.05, 0.1) is 15.3 Å². The summed E-state index contributed by atoms with van der Waals surface area (Å²) in [6, 6.07) is 15.5. The molecule has 1 aliphatic rings. The van der Waals surface area contributed by atoms with E-state index in [9.17, 15) is 26.4 Å². The predicted molar refractivity (Wildman–Crippen MR) is 116 cm³/mol. The highest BCUT2D eigenvalue weighted by Gasteiger charge is 2.40. The van der Waals surface area contributed by atoms with E-state index in [0.29, 0.717) is 4.88 Å². The summed E-state index contributed by atoms with van der Waals surface area (Å²) in [7, 11) is -4.35. The first kappa shape index (κ1) is 22.5. The first-order valence-electron chi connectivity index (χ1n) is 9.78. The monoisotopic (exact) mass is 480 g/mol. The van der Waals surface area contributed by atoms with Crippen molar-refractivity contribution < 1.29 is 26.4 Å². The molecule has 1 saturated heterocycles. The molecule has 4 rings (SSSR count). The number of carbonyl (C=O) groups excluding carboxylic acids is 1. The highest BCUT2D eigenvalue weighted by Crippen LogP contribution is 2.35. The van der Waals surface area contributed by atoms with Gasteiger partial charge in [-0.1, -0.05) is 42.5 Å². The maximum absolute atomic E-state index is 13.3. The van der Waals surface area contributed by atoms with E-state index in [1.54, 1.807) is 4.90 Å². The third kappa shape index (κ3) is 4.30. The summed E-state index contributed by atoms with van der Waals surface area (Å²) in [4.78, 5) is 14.4. The molecule has 2 heterocycles. The van der Waals surface area contributed by atoms with Crippen molar-refractivity contribution in [1.82, 2.24) is 9.21 Å². The van der Waals surface area contributed by atoms with Gasteiger partial charge in [0.2, 0.25) is 10.0 Å². The van der Waals surface area contributed by atoms with Gasteiger partial charge in [-0.3, -0.25) is 4.79 Å². The number of rotatable bonds is 4. The fourth-order valence-corrected chi connectivity index (χ4v) is 6.18. The third-order valence-corrected chi connectivity index (χ3v) is 8.14. The summed E-state index contributed by atoms with van der Waals surface area (Å²) < 4.78 is 66.8. The van der Waals surface area contributed by atoms with Crippen LogP contribution >= 0.6 is 11.3 Å². The van der Waals surface area contributed by atoms with Gasteiger partial charge in [-0.2, -0.15) is 17.5 Å². The Kier molecular flexibility index (Phi) is 6.11. The highest BCUT2D eigenvalue weighted by molar-refractivity contribution is 7.89. The topological polar surface area (TPSA) is 57.7 Å². The maximum atomic E-state index is 13.3. The minimum absolute atomic E-state index is 0.0771. The zero-order chi connectivity index (χ0) is 22.9. The summed E-state index contributed by atoms with van der Waals surface area (Å²) >= 11 is 1.31. The number of hydrogen-bond donors (Lipinski definition) is 0. The summed E-state index contributed by atoms with van der Waals surface area (Å²) in [6.07, 6.45) is -4.78. The number of sulfonamides is 1. The molecular formula is C22H19F3N2O3S2. The van der Waals surface area contributed by atoms with Gasteiger partial charge in [-0.15, -0.1) is 11.3 Å². The van der Waals surface area contributed by atoms with Crippen LogP contribution in [-0.2, 0) is 16.2 Å². The Bertz CT molecular complexity index is 1220. The second-order valence-corrected chi connectivity index (χ2v) is 10.0. The van der Waals surface area contributed by atoms with Gasteiger partial charge in [0.1, 0.15) is 0 Å². The van der Waals surface area contributed by atoms with Gasteiger partial charge in [0.15, 0.2) is 0 Å². The van der Waals surface area contributed by atoms with Crippen molar-refractivity contribution in [2.75, 3.05) is 26.2 Å². The van der Waals surface area contributed by atoms with Crippen molar-refractivity contribution >= 4 is 27.3 Å². The zero-order valence-electron chi connectivity index (χ0n) is 16.7. The summed E-state index contributed by atoms with van der Waals surface area (Å²) in [6.45, 7) is 0.0371. The SMILES string of the molecule is O=C(c1sccc1-c1ccccc1)N1CCN(S(=O)(=O)c2ccccc2C(F)(F)F)CC1. The molecule has 32 heavy (non-hydrogen) atoms. The van der Waals surface area contributed by atoms with Crippen LogP contribution in [0.5, 0.6) is 0 Å². The fourth-order valence-electron chi connectivity index (χ4n) is 3.66. The minimum Gasteiger partial charge on any atom is -0.335 e. The molecule has 0 saturated carbocycles. The van der Waals surface area contributed by atoms with Crippen LogP contribution in [0.3, 0.4) is 0 Å². The van der Waals surface area contributed by atoms with Crippen LogP contribution in [0, 0.1) is 0 Å². The summed E-state index contributed by atoms with van der Waals surface area (Å²) in [5.41, 5.74) is 0.515. The molecule has 2 aromatic carbocycles. The summed E-state index contributed by atoms with van der Waals surface area (Å²) in [5, 5.41) is 1.82. The molecule has 1 amide bonds. The van der Waals surface area contributed by atoms with E-state index in [2.05, 4.69) is 0 Å². The van der Waals surface area contributed by atoms with Crippen molar-refractivity contribution in [3.63, 3.8) is 0 Å².